The van der Waals surface area contributed by atoms with Crippen LogP contribution in [0.25, 0.3) is 0 Å². The highest BCUT2D eigenvalue weighted by molar-refractivity contribution is 6.32. The Bertz CT molecular complexity index is 996. The number of nitrogens with one attached hydrogen (secondary N) is 1. The average molecular weight is 432 g/mol. The van der Waals surface area contributed by atoms with Crippen LogP contribution < -0.4 is 5.32 Å². The molecule has 0 bridgehead atoms. The van der Waals surface area contributed by atoms with Crippen molar-refractivity contribution in [2.24, 2.45) is 0 Å². The lowest BCUT2D eigenvalue weighted by molar-refractivity contribution is -0.138. The molecular formula is C22H23ClFN3O3. The van der Waals surface area contributed by atoms with Crippen LogP contribution in [-0.2, 0) is 28.1 Å². The van der Waals surface area contributed by atoms with Crippen molar-refractivity contribution >= 4 is 29.4 Å². The van der Waals surface area contributed by atoms with E-state index in [1.165, 1.54) is 23.5 Å². The van der Waals surface area contributed by atoms with Crippen molar-refractivity contribution in [3.8, 4) is 0 Å². The summed E-state index contributed by atoms with van der Waals surface area (Å²) < 4.78 is 13.4. The number of likely N-dealkylation sites (N-methyl/N-ethyl adjacent to an activating group) is 1. The monoisotopic (exact) mass is 431 g/mol. The highest BCUT2D eigenvalue weighted by atomic mass is 35.5. The van der Waals surface area contributed by atoms with Crippen LogP contribution >= 0.6 is 11.6 Å². The predicted molar refractivity (Wildman–Crippen MR) is 111 cm³/mol. The third kappa shape index (κ3) is 4.16. The first-order valence-corrected chi connectivity index (χ1v) is 9.95. The van der Waals surface area contributed by atoms with Gasteiger partial charge in [-0.1, -0.05) is 48.9 Å². The van der Waals surface area contributed by atoms with Gasteiger partial charge in [0.25, 0.3) is 5.91 Å². The van der Waals surface area contributed by atoms with Crippen molar-refractivity contribution in [1.29, 1.82) is 0 Å². The van der Waals surface area contributed by atoms with E-state index in [-0.39, 0.29) is 16.5 Å². The first-order chi connectivity index (χ1) is 14.2. The minimum absolute atomic E-state index is 0.0203. The number of urea groups is 1. The second kappa shape index (κ2) is 8.44. The Morgan fingerprint density at radius 2 is 1.80 bits per heavy atom. The molecule has 1 unspecified atom stereocenters. The van der Waals surface area contributed by atoms with Gasteiger partial charge in [0.1, 0.15) is 17.9 Å². The molecule has 8 heteroatoms. The lowest BCUT2D eigenvalue weighted by Crippen LogP contribution is -2.43. The molecule has 0 aromatic heterocycles. The number of nitrogens with zero attached hydrogens (tertiary/aromatic N) is 2. The van der Waals surface area contributed by atoms with Gasteiger partial charge in [0.2, 0.25) is 5.91 Å². The molecule has 0 radical (unpaired) electrons. The number of aryl methyl sites for hydroxylation is 1. The topological polar surface area (TPSA) is 69.7 Å². The number of hydrogen-bond acceptors (Lipinski definition) is 3. The Balaban J connectivity index is 1.72. The van der Waals surface area contributed by atoms with Crippen molar-refractivity contribution in [2.45, 2.75) is 32.4 Å². The van der Waals surface area contributed by atoms with Gasteiger partial charge in [-0.25, -0.2) is 9.18 Å². The quantitative estimate of drug-likeness (QED) is 0.712. The molecule has 1 aliphatic heterocycles. The minimum Gasteiger partial charge on any atom is -0.340 e. The zero-order chi connectivity index (χ0) is 22.1. The molecule has 0 aliphatic carbocycles. The van der Waals surface area contributed by atoms with E-state index in [1.54, 1.807) is 7.05 Å². The van der Waals surface area contributed by atoms with Crippen LogP contribution in [-0.4, -0.2) is 41.2 Å². The molecular weight excluding hydrogens is 409 g/mol. The zero-order valence-electron chi connectivity index (χ0n) is 17.0. The summed E-state index contributed by atoms with van der Waals surface area (Å²) in [6.07, 6.45) is 0.929. The van der Waals surface area contributed by atoms with E-state index in [4.69, 9.17) is 11.6 Å². The molecule has 1 heterocycles. The molecule has 2 aromatic carbocycles. The Morgan fingerprint density at radius 3 is 2.40 bits per heavy atom. The zero-order valence-corrected chi connectivity index (χ0v) is 17.8. The summed E-state index contributed by atoms with van der Waals surface area (Å²) in [5, 5.41) is 2.59. The Morgan fingerprint density at radius 1 is 1.17 bits per heavy atom. The molecule has 1 atom stereocenters. The number of halogens is 2. The van der Waals surface area contributed by atoms with Crippen molar-refractivity contribution < 1.29 is 18.8 Å². The van der Waals surface area contributed by atoms with E-state index in [1.807, 2.05) is 24.3 Å². The van der Waals surface area contributed by atoms with Crippen LogP contribution in [0.15, 0.2) is 42.5 Å². The number of hydrogen-bond donors (Lipinski definition) is 1. The smallest absolute Gasteiger partial charge is 0.325 e. The molecule has 1 fully saturated rings. The summed E-state index contributed by atoms with van der Waals surface area (Å²) in [6, 6.07) is 10.8. The van der Waals surface area contributed by atoms with Crippen LogP contribution in [0.5, 0.6) is 0 Å². The SMILES string of the molecule is CCc1ccc(CN(C)C(=O)CN2C(=O)NC(C)(c3ccc(F)cc3Cl)C2=O)cc1. The molecule has 2 aromatic rings. The largest absolute Gasteiger partial charge is 0.340 e. The summed E-state index contributed by atoms with van der Waals surface area (Å²) in [7, 11) is 1.62. The number of benzene rings is 2. The molecule has 6 nitrogen and oxygen atoms in total. The molecule has 1 N–H and O–H groups in total. The van der Waals surface area contributed by atoms with E-state index in [0.717, 1.165) is 29.0 Å². The van der Waals surface area contributed by atoms with Crippen molar-refractivity contribution in [1.82, 2.24) is 15.1 Å². The fraction of sp³-hybridized carbons (Fsp3) is 0.318. The molecule has 4 amide bonds. The van der Waals surface area contributed by atoms with Crippen molar-refractivity contribution in [3.05, 3.63) is 70.0 Å². The molecule has 1 aliphatic rings. The molecule has 0 saturated carbocycles. The predicted octanol–water partition coefficient (Wildman–Crippen LogP) is 3.47. The Hall–Kier alpha value is -2.93. The first kappa shape index (κ1) is 21.8. The fourth-order valence-electron chi connectivity index (χ4n) is 3.42. The van der Waals surface area contributed by atoms with Gasteiger partial charge in [-0.05, 0) is 36.6 Å². The number of rotatable bonds is 6. The maximum absolute atomic E-state index is 13.4. The normalized spacial score (nSPS) is 18.5. The van der Waals surface area contributed by atoms with E-state index in [9.17, 15) is 18.8 Å². The van der Waals surface area contributed by atoms with Gasteiger partial charge in [0, 0.05) is 24.2 Å². The van der Waals surface area contributed by atoms with E-state index in [2.05, 4.69) is 12.2 Å². The summed E-state index contributed by atoms with van der Waals surface area (Å²) in [5.74, 6) is -1.55. The van der Waals surface area contributed by atoms with Crippen LogP contribution in [0.2, 0.25) is 5.02 Å². The van der Waals surface area contributed by atoms with Gasteiger partial charge < -0.3 is 10.2 Å². The van der Waals surface area contributed by atoms with Gasteiger partial charge in [-0.15, -0.1) is 0 Å². The number of imide groups is 1. The van der Waals surface area contributed by atoms with Gasteiger partial charge in [-0.3, -0.25) is 14.5 Å². The van der Waals surface area contributed by atoms with E-state index < -0.39 is 29.8 Å². The summed E-state index contributed by atoms with van der Waals surface area (Å²) in [6.45, 7) is 3.50. The van der Waals surface area contributed by atoms with Crippen LogP contribution in [0, 0.1) is 5.82 Å². The van der Waals surface area contributed by atoms with E-state index >= 15 is 0 Å². The highest BCUT2D eigenvalue weighted by Crippen LogP contribution is 2.34. The molecule has 3 rings (SSSR count). The third-order valence-electron chi connectivity index (χ3n) is 5.31. The maximum atomic E-state index is 13.4. The van der Waals surface area contributed by atoms with Crippen LogP contribution in [0.4, 0.5) is 9.18 Å². The fourth-order valence-corrected chi connectivity index (χ4v) is 3.77. The van der Waals surface area contributed by atoms with Gasteiger partial charge in [0.15, 0.2) is 0 Å². The lowest BCUT2D eigenvalue weighted by Gasteiger charge is -2.24. The third-order valence-corrected chi connectivity index (χ3v) is 5.63. The molecule has 0 spiro atoms. The standard InChI is InChI=1S/C22H23ClFN3O3/c1-4-14-5-7-15(8-6-14)12-26(3)19(28)13-27-20(29)22(2,25-21(27)30)17-10-9-16(24)11-18(17)23/h5-11H,4,12-13H2,1-3H3,(H,25,30). The average Bonchev–Trinajstić information content (AvgIpc) is 2.92. The number of carbonyl (C=O) groups excluding carboxylic acids is 3. The van der Waals surface area contributed by atoms with Crippen LogP contribution in [0.3, 0.4) is 0 Å². The number of amides is 4. The first-order valence-electron chi connectivity index (χ1n) is 9.57. The summed E-state index contributed by atoms with van der Waals surface area (Å²) >= 11 is 6.09. The maximum Gasteiger partial charge on any atom is 0.325 e. The Labute approximate surface area is 179 Å². The number of carbonyl (C=O) groups is 3. The molecule has 1 saturated heterocycles. The van der Waals surface area contributed by atoms with Crippen molar-refractivity contribution in [2.75, 3.05) is 13.6 Å². The second-order valence-electron chi connectivity index (χ2n) is 7.49. The molecule has 30 heavy (non-hydrogen) atoms. The second-order valence-corrected chi connectivity index (χ2v) is 7.90. The Kier molecular flexibility index (Phi) is 6.12. The van der Waals surface area contributed by atoms with Gasteiger partial charge >= 0.3 is 6.03 Å². The van der Waals surface area contributed by atoms with Gasteiger partial charge in [-0.2, -0.15) is 0 Å². The minimum atomic E-state index is -1.48. The van der Waals surface area contributed by atoms with Crippen LogP contribution in [0.1, 0.15) is 30.5 Å². The highest BCUT2D eigenvalue weighted by Gasteiger charge is 2.50. The summed E-state index contributed by atoms with van der Waals surface area (Å²) in [4.78, 5) is 40.4. The van der Waals surface area contributed by atoms with Gasteiger partial charge in [0.05, 0.1) is 0 Å². The van der Waals surface area contributed by atoms with E-state index in [0.29, 0.717) is 6.54 Å². The van der Waals surface area contributed by atoms with Crippen molar-refractivity contribution in [3.63, 3.8) is 0 Å². The summed E-state index contributed by atoms with van der Waals surface area (Å²) in [5.41, 5.74) is 0.939. The lowest BCUT2D eigenvalue weighted by atomic mass is 9.92. The molecule has 158 valence electrons.